The van der Waals surface area contributed by atoms with Crippen LogP contribution < -0.4 is 0 Å². The first-order valence-corrected chi connectivity index (χ1v) is 16.4. The van der Waals surface area contributed by atoms with Crippen LogP contribution in [-0.4, -0.2) is 73.9 Å². The predicted octanol–water partition coefficient (Wildman–Crippen LogP) is 3.07. The lowest BCUT2D eigenvalue weighted by molar-refractivity contribution is 0.213. The van der Waals surface area contributed by atoms with E-state index in [-0.39, 0.29) is 29.5 Å². The van der Waals surface area contributed by atoms with Gasteiger partial charge in [-0.05, 0) is 63.8 Å². The highest BCUT2D eigenvalue weighted by Gasteiger charge is 2.31. The van der Waals surface area contributed by atoms with Crippen LogP contribution in [0.5, 0.6) is 0 Å². The highest BCUT2D eigenvalue weighted by molar-refractivity contribution is 7.89. The molecule has 0 aliphatic heterocycles. The van der Waals surface area contributed by atoms with E-state index in [0.717, 1.165) is 26.0 Å². The molecule has 0 atom stereocenters. The summed E-state index contributed by atoms with van der Waals surface area (Å²) in [6.07, 6.45) is 0.892. The molecule has 0 amide bonds. The molecule has 0 spiro atoms. The van der Waals surface area contributed by atoms with Crippen molar-refractivity contribution in [3.05, 3.63) is 57.6 Å². The van der Waals surface area contributed by atoms with Gasteiger partial charge in [-0.25, -0.2) is 25.4 Å². The molecule has 0 radical (unpaired) electrons. The monoisotopic (exact) mass is 574 g/mol. The Balaban J connectivity index is 2.41. The summed E-state index contributed by atoms with van der Waals surface area (Å²) in [5, 5.41) is 0. The first-order chi connectivity index (χ1) is 16.8. The van der Waals surface area contributed by atoms with Crippen LogP contribution in [0, 0.1) is 47.5 Å². The van der Waals surface area contributed by atoms with Crippen LogP contribution >= 0.6 is 0 Å². The van der Waals surface area contributed by atoms with Crippen LogP contribution in [0.15, 0.2) is 34.1 Å². The van der Waals surface area contributed by atoms with Crippen molar-refractivity contribution in [2.75, 3.05) is 40.0 Å². The van der Waals surface area contributed by atoms with Gasteiger partial charge < -0.3 is 0 Å². The van der Waals surface area contributed by atoms with Gasteiger partial charge in [0.15, 0.2) is 0 Å². The average molecular weight is 575 g/mol. The number of nitrogens with zero attached hydrogens (tertiary/aromatic N) is 2. The molecule has 2 aromatic carbocycles. The normalized spacial score (nSPS) is 13.2. The topological polar surface area (TPSA) is 118 Å². The molecule has 0 aliphatic carbocycles. The van der Waals surface area contributed by atoms with Crippen molar-refractivity contribution in [1.29, 1.82) is 0 Å². The Morgan fingerprint density at radius 1 is 0.649 bits per heavy atom. The zero-order valence-corrected chi connectivity index (χ0v) is 25.4. The maximum absolute atomic E-state index is 13.5. The van der Waals surface area contributed by atoms with Gasteiger partial charge in [0.2, 0.25) is 20.0 Å². The molecule has 0 unspecified atom stereocenters. The SMILES string of the molecule is Cc1cc(C)c(S(=O)(=O)N(C)CC(COS(C)(=O)=O)CN(C)S(=O)(=O)c2c(C)cc(C)cc2C)c(C)c1. The third-order valence-electron chi connectivity index (χ3n) is 6.09. The molecular weight excluding hydrogens is 536 g/mol. The zero-order valence-electron chi connectivity index (χ0n) is 23.0. The van der Waals surface area contributed by atoms with E-state index in [9.17, 15) is 25.3 Å². The molecule has 0 bridgehead atoms. The summed E-state index contributed by atoms with van der Waals surface area (Å²) in [4.78, 5) is 0.352. The summed E-state index contributed by atoms with van der Waals surface area (Å²) in [6.45, 7) is 9.95. The lowest BCUT2D eigenvalue weighted by Crippen LogP contribution is -2.41. The number of sulfonamides is 2. The van der Waals surface area contributed by atoms with E-state index in [2.05, 4.69) is 0 Å². The molecule has 9 nitrogen and oxygen atoms in total. The van der Waals surface area contributed by atoms with Crippen molar-refractivity contribution < 1.29 is 29.4 Å². The van der Waals surface area contributed by atoms with Gasteiger partial charge in [-0.3, -0.25) is 4.18 Å². The summed E-state index contributed by atoms with van der Waals surface area (Å²) >= 11 is 0. The predicted molar refractivity (Wildman–Crippen MR) is 145 cm³/mol. The van der Waals surface area contributed by atoms with E-state index in [0.29, 0.717) is 22.3 Å². The van der Waals surface area contributed by atoms with Crippen molar-refractivity contribution >= 4 is 30.2 Å². The van der Waals surface area contributed by atoms with E-state index in [1.54, 1.807) is 52.0 Å². The molecule has 0 aromatic heterocycles. The Labute approximate surface area is 222 Å². The Morgan fingerprint density at radius 2 is 0.946 bits per heavy atom. The fourth-order valence-electron chi connectivity index (χ4n) is 4.77. The van der Waals surface area contributed by atoms with Crippen LogP contribution in [0.25, 0.3) is 0 Å². The largest absolute Gasteiger partial charge is 0.270 e. The second kappa shape index (κ2) is 11.5. The Hall–Kier alpha value is -1.83. The number of benzene rings is 2. The lowest BCUT2D eigenvalue weighted by atomic mass is 10.1. The quantitative estimate of drug-likeness (QED) is 0.379. The van der Waals surface area contributed by atoms with Crippen LogP contribution in [-0.2, 0) is 34.3 Å². The standard InChI is InChI=1S/C25H38N2O7S3/c1-17-10-19(3)24(20(4)11-17)36(30,31)26(7)14-23(16-34-35(9,28)29)15-27(8)37(32,33)25-21(5)12-18(2)13-22(25)6/h10-13,23H,14-16H2,1-9H3. The minimum absolute atomic E-state index is 0.156. The second-order valence-electron chi connectivity index (χ2n) is 9.88. The van der Waals surface area contributed by atoms with Crippen LogP contribution in [0.4, 0.5) is 0 Å². The van der Waals surface area contributed by atoms with Gasteiger partial charge in [-0.15, -0.1) is 0 Å². The third-order valence-corrected chi connectivity index (χ3v) is 10.9. The summed E-state index contributed by atoms with van der Waals surface area (Å²) in [5.41, 5.74) is 4.25. The minimum Gasteiger partial charge on any atom is -0.270 e. The van der Waals surface area contributed by atoms with Gasteiger partial charge in [0.1, 0.15) is 0 Å². The molecule has 0 heterocycles. The van der Waals surface area contributed by atoms with Gasteiger partial charge >= 0.3 is 0 Å². The van der Waals surface area contributed by atoms with Crippen LogP contribution in [0.3, 0.4) is 0 Å². The number of hydrogen-bond acceptors (Lipinski definition) is 7. The fraction of sp³-hybridized carbons (Fsp3) is 0.520. The van der Waals surface area contributed by atoms with Crippen molar-refractivity contribution in [3.63, 3.8) is 0 Å². The molecule has 208 valence electrons. The highest BCUT2D eigenvalue weighted by Crippen LogP contribution is 2.27. The summed E-state index contributed by atoms with van der Waals surface area (Å²) in [5.74, 6) is -0.772. The summed E-state index contributed by atoms with van der Waals surface area (Å²) in [6, 6.07) is 7.13. The molecule has 0 fully saturated rings. The summed E-state index contributed by atoms with van der Waals surface area (Å²) < 4.78 is 84.6. The third kappa shape index (κ3) is 7.61. The van der Waals surface area contributed by atoms with E-state index in [1.165, 1.54) is 14.1 Å². The number of aryl methyl sites for hydroxylation is 6. The van der Waals surface area contributed by atoms with Crippen molar-refractivity contribution in [2.45, 2.75) is 51.3 Å². The lowest BCUT2D eigenvalue weighted by Gasteiger charge is -2.28. The molecule has 0 saturated heterocycles. The molecule has 2 aromatic rings. The number of hydrogen-bond donors (Lipinski definition) is 0. The van der Waals surface area contributed by atoms with E-state index in [4.69, 9.17) is 4.18 Å². The number of rotatable bonds is 11. The Morgan fingerprint density at radius 3 is 1.22 bits per heavy atom. The maximum atomic E-state index is 13.5. The molecule has 12 heteroatoms. The van der Waals surface area contributed by atoms with Crippen molar-refractivity contribution in [3.8, 4) is 0 Å². The smallest absolute Gasteiger partial charge is 0.264 e. The minimum atomic E-state index is -3.95. The van der Waals surface area contributed by atoms with E-state index < -0.39 is 36.1 Å². The first kappa shape index (κ1) is 31.4. The fourth-order valence-corrected chi connectivity index (χ4v) is 8.51. The average Bonchev–Trinajstić information content (AvgIpc) is 2.69. The van der Waals surface area contributed by atoms with Crippen molar-refractivity contribution in [1.82, 2.24) is 8.61 Å². The molecule has 0 aliphatic rings. The highest BCUT2D eigenvalue weighted by atomic mass is 32.2. The molecule has 0 N–H and O–H groups in total. The molecular formula is C25H38N2O7S3. The Bertz CT molecular complexity index is 1340. The van der Waals surface area contributed by atoms with Gasteiger partial charge in [-0.2, -0.15) is 8.42 Å². The second-order valence-corrected chi connectivity index (χ2v) is 15.5. The van der Waals surface area contributed by atoms with E-state index >= 15 is 0 Å². The molecule has 2 rings (SSSR count). The zero-order chi connectivity index (χ0) is 28.5. The van der Waals surface area contributed by atoms with Crippen LogP contribution in [0.2, 0.25) is 0 Å². The first-order valence-electron chi connectivity index (χ1n) is 11.7. The van der Waals surface area contributed by atoms with Crippen LogP contribution in [0.1, 0.15) is 33.4 Å². The summed E-state index contributed by atoms with van der Waals surface area (Å²) in [7, 11) is -8.95. The van der Waals surface area contributed by atoms with Gasteiger partial charge in [0, 0.05) is 33.1 Å². The van der Waals surface area contributed by atoms with Gasteiger partial charge in [0.05, 0.1) is 22.7 Å². The van der Waals surface area contributed by atoms with Gasteiger partial charge in [0.25, 0.3) is 10.1 Å². The Kier molecular flexibility index (Phi) is 9.76. The maximum Gasteiger partial charge on any atom is 0.264 e. The van der Waals surface area contributed by atoms with Crippen molar-refractivity contribution in [2.24, 2.45) is 5.92 Å². The van der Waals surface area contributed by atoms with E-state index in [1.807, 2.05) is 13.8 Å². The molecule has 37 heavy (non-hydrogen) atoms. The van der Waals surface area contributed by atoms with Gasteiger partial charge in [-0.1, -0.05) is 35.4 Å². The molecule has 0 saturated carbocycles.